The maximum absolute atomic E-state index is 13.6. The van der Waals surface area contributed by atoms with Crippen molar-refractivity contribution >= 4 is 22.5 Å². The van der Waals surface area contributed by atoms with Crippen molar-refractivity contribution in [2.75, 3.05) is 11.5 Å². The number of anilines is 1. The number of benzene rings is 1. The SMILES string of the molecule is O=C(c1cc2n(n1)CCCO2)N(c1cccc2cccnc12)C1CCCC1. The van der Waals surface area contributed by atoms with Gasteiger partial charge >= 0.3 is 0 Å². The number of fused-ring (bicyclic) bond motifs is 2. The number of nitrogens with zero attached hydrogens (tertiary/aromatic N) is 4. The summed E-state index contributed by atoms with van der Waals surface area (Å²) in [4.78, 5) is 20.1. The van der Waals surface area contributed by atoms with E-state index in [1.165, 1.54) is 0 Å². The number of ether oxygens (including phenoxy) is 1. The van der Waals surface area contributed by atoms with Gasteiger partial charge in [-0.3, -0.25) is 9.78 Å². The molecular weight excluding hydrogens is 340 g/mol. The molecule has 0 atom stereocenters. The third-order valence-corrected chi connectivity index (χ3v) is 5.51. The molecule has 3 aromatic rings. The standard InChI is InChI=1S/C21H22N4O2/c26-21(17-14-19-24(23-17)12-5-13-27-19)25(16-8-1-2-9-16)18-10-3-6-15-7-4-11-22-20(15)18/h3-4,6-7,10-11,14,16H,1-2,5,8-9,12-13H2. The smallest absolute Gasteiger partial charge is 0.279 e. The number of rotatable bonds is 3. The average molecular weight is 362 g/mol. The molecule has 1 saturated carbocycles. The molecule has 1 fully saturated rings. The van der Waals surface area contributed by atoms with Crippen LogP contribution in [0.5, 0.6) is 5.88 Å². The van der Waals surface area contributed by atoms with Gasteiger partial charge in [-0.05, 0) is 25.0 Å². The van der Waals surface area contributed by atoms with Crippen molar-refractivity contribution in [2.45, 2.75) is 44.7 Å². The van der Waals surface area contributed by atoms with Crippen LogP contribution in [0.15, 0.2) is 42.6 Å². The second kappa shape index (κ2) is 6.68. The molecule has 1 aromatic carbocycles. The first-order chi connectivity index (χ1) is 13.3. The Hall–Kier alpha value is -2.89. The van der Waals surface area contributed by atoms with E-state index in [0.29, 0.717) is 18.2 Å². The van der Waals surface area contributed by atoms with E-state index in [-0.39, 0.29) is 11.9 Å². The van der Waals surface area contributed by atoms with E-state index in [2.05, 4.69) is 10.1 Å². The van der Waals surface area contributed by atoms with Crippen LogP contribution < -0.4 is 9.64 Å². The normalized spacial score (nSPS) is 16.9. The maximum Gasteiger partial charge on any atom is 0.279 e. The molecule has 3 heterocycles. The number of pyridine rings is 1. The molecule has 1 aliphatic carbocycles. The number of carbonyl (C=O) groups is 1. The van der Waals surface area contributed by atoms with E-state index in [0.717, 1.165) is 55.2 Å². The lowest BCUT2D eigenvalue weighted by Crippen LogP contribution is -2.39. The summed E-state index contributed by atoms with van der Waals surface area (Å²) in [5.74, 6) is 0.623. The van der Waals surface area contributed by atoms with Gasteiger partial charge in [-0.1, -0.05) is 31.0 Å². The van der Waals surface area contributed by atoms with Crippen molar-refractivity contribution < 1.29 is 9.53 Å². The lowest BCUT2D eigenvalue weighted by molar-refractivity contribution is 0.0971. The Morgan fingerprint density at radius 3 is 2.85 bits per heavy atom. The minimum atomic E-state index is -0.0643. The molecule has 0 unspecified atom stereocenters. The van der Waals surface area contributed by atoms with Crippen LogP contribution in [0.1, 0.15) is 42.6 Å². The molecule has 0 saturated heterocycles. The Labute approximate surface area is 157 Å². The summed E-state index contributed by atoms with van der Waals surface area (Å²) in [6.45, 7) is 1.47. The zero-order valence-electron chi connectivity index (χ0n) is 15.2. The summed E-state index contributed by atoms with van der Waals surface area (Å²) in [6.07, 6.45) is 7.02. The van der Waals surface area contributed by atoms with Crippen LogP contribution >= 0.6 is 0 Å². The maximum atomic E-state index is 13.6. The van der Waals surface area contributed by atoms with Gasteiger partial charge in [-0.25, -0.2) is 4.68 Å². The molecular formula is C21H22N4O2. The highest BCUT2D eigenvalue weighted by atomic mass is 16.5. The first kappa shape index (κ1) is 16.3. The van der Waals surface area contributed by atoms with Gasteiger partial charge in [0.15, 0.2) is 5.69 Å². The Bertz CT molecular complexity index is 962. The molecule has 138 valence electrons. The van der Waals surface area contributed by atoms with Gasteiger partial charge in [-0.15, -0.1) is 0 Å². The summed E-state index contributed by atoms with van der Waals surface area (Å²) in [6, 6.07) is 12.0. The fourth-order valence-electron chi connectivity index (χ4n) is 4.21. The minimum Gasteiger partial charge on any atom is -0.478 e. The predicted molar refractivity (Wildman–Crippen MR) is 103 cm³/mol. The summed E-state index contributed by atoms with van der Waals surface area (Å²) < 4.78 is 7.45. The molecule has 27 heavy (non-hydrogen) atoms. The molecule has 0 spiro atoms. The fraction of sp³-hybridized carbons (Fsp3) is 0.381. The Morgan fingerprint density at radius 1 is 1.15 bits per heavy atom. The highest BCUT2D eigenvalue weighted by Crippen LogP contribution is 2.34. The Morgan fingerprint density at radius 2 is 2.00 bits per heavy atom. The van der Waals surface area contributed by atoms with E-state index < -0.39 is 0 Å². The lowest BCUT2D eigenvalue weighted by Gasteiger charge is -2.29. The molecule has 5 rings (SSSR count). The van der Waals surface area contributed by atoms with Crippen LogP contribution in [-0.2, 0) is 6.54 Å². The zero-order valence-corrected chi connectivity index (χ0v) is 15.2. The van der Waals surface area contributed by atoms with Crippen molar-refractivity contribution in [3.8, 4) is 5.88 Å². The van der Waals surface area contributed by atoms with Crippen LogP contribution in [0, 0.1) is 0 Å². The molecule has 6 heteroatoms. The largest absolute Gasteiger partial charge is 0.478 e. The predicted octanol–water partition coefficient (Wildman–Crippen LogP) is 3.80. The Kier molecular flexibility index (Phi) is 4.03. The van der Waals surface area contributed by atoms with Crippen molar-refractivity contribution in [3.05, 3.63) is 48.3 Å². The third-order valence-electron chi connectivity index (χ3n) is 5.51. The number of hydrogen-bond donors (Lipinski definition) is 0. The molecule has 0 bridgehead atoms. The first-order valence-electron chi connectivity index (χ1n) is 9.69. The van der Waals surface area contributed by atoms with Crippen molar-refractivity contribution in [3.63, 3.8) is 0 Å². The van der Waals surface area contributed by atoms with Crippen molar-refractivity contribution in [1.29, 1.82) is 0 Å². The van der Waals surface area contributed by atoms with Crippen molar-refractivity contribution in [1.82, 2.24) is 14.8 Å². The first-order valence-corrected chi connectivity index (χ1v) is 9.69. The quantitative estimate of drug-likeness (QED) is 0.711. The summed E-state index contributed by atoms with van der Waals surface area (Å²) in [5.41, 5.74) is 2.18. The van der Waals surface area contributed by atoms with E-state index in [1.54, 1.807) is 16.9 Å². The number of aromatic nitrogens is 3. The molecule has 6 nitrogen and oxygen atoms in total. The molecule has 1 amide bonds. The van der Waals surface area contributed by atoms with E-state index in [4.69, 9.17) is 4.74 Å². The molecule has 2 aromatic heterocycles. The number of para-hydroxylation sites is 1. The topological polar surface area (TPSA) is 60.3 Å². The lowest BCUT2D eigenvalue weighted by atomic mass is 10.1. The molecule has 0 radical (unpaired) electrons. The monoisotopic (exact) mass is 362 g/mol. The van der Waals surface area contributed by atoms with Gasteiger partial charge in [-0.2, -0.15) is 5.10 Å². The number of hydrogen-bond acceptors (Lipinski definition) is 4. The van der Waals surface area contributed by atoms with Crippen LogP contribution in [0.25, 0.3) is 10.9 Å². The van der Waals surface area contributed by atoms with Gasteiger partial charge in [0.05, 0.1) is 17.8 Å². The van der Waals surface area contributed by atoms with Gasteiger partial charge in [0.25, 0.3) is 5.91 Å². The van der Waals surface area contributed by atoms with Crippen LogP contribution in [-0.4, -0.2) is 33.3 Å². The van der Waals surface area contributed by atoms with E-state index in [9.17, 15) is 4.79 Å². The van der Waals surface area contributed by atoms with Gasteiger partial charge < -0.3 is 9.64 Å². The number of aryl methyl sites for hydroxylation is 1. The number of amides is 1. The second-order valence-electron chi connectivity index (χ2n) is 7.26. The highest BCUT2D eigenvalue weighted by molar-refractivity contribution is 6.09. The van der Waals surface area contributed by atoms with Gasteiger partial charge in [0.2, 0.25) is 5.88 Å². The van der Waals surface area contributed by atoms with Gasteiger partial charge in [0, 0.05) is 36.7 Å². The van der Waals surface area contributed by atoms with Crippen LogP contribution in [0.4, 0.5) is 5.69 Å². The Balaban J connectivity index is 1.60. The zero-order chi connectivity index (χ0) is 18.2. The number of carbonyl (C=O) groups excluding carboxylic acids is 1. The minimum absolute atomic E-state index is 0.0643. The van der Waals surface area contributed by atoms with E-state index in [1.807, 2.05) is 35.2 Å². The van der Waals surface area contributed by atoms with Crippen LogP contribution in [0.2, 0.25) is 0 Å². The van der Waals surface area contributed by atoms with Gasteiger partial charge in [0.1, 0.15) is 0 Å². The van der Waals surface area contributed by atoms with Crippen molar-refractivity contribution in [2.24, 2.45) is 0 Å². The molecule has 2 aliphatic rings. The second-order valence-corrected chi connectivity index (χ2v) is 7.26. The highest BCUT2D eigenvalue weighted by Gasteiger charge is 2.32. The third kappa shape index (κ3) is 2.85. The average Bonchev–Trinajstić information content (AvgIpc) is 3.38. The summed E-state index contributed by atoms with van der Waals surface area (Å²) in [5, 5.41) is 5.57. The van der Waals surface area contributed by atoms with Crippen LogP contribution in [0.3, 0.4) is 0 Å². The summed E-state index contributed by atoms with van der Waals surface area (Å²) >= 11 is 0. The summed E-state index contributed by atoms with van der Waals surface area (Å²) in [7, 11) is 0. The fourth-order valence-corrected chi connectivity index (χ4v) is 4.21. The van der Waals surface area contributed by atoms with E-state index >= 15 is 0 Å². The molecule has 0 N–H and O–H groups in total. The molecule has 1 aliphatic heterocycles.